The number of nitrogens with one attached hydrogen (secondary N) is 1. The summed E-state index contributed by atoms with van der Waals surface area (Å²) in [7, 11) is 0. The molecule has 1 aromatic heterocycles. The van der Waals surface area contributed by atoms with E-state index < -0.39 is 0 Å². The van der Waals surface area contributed by atoms with Crippen LogP contribution in [-0.4, -0.2) is 17.1 Å². The van der Waals surface area contributed by atoms with Gasteiger partial charge in [0.15, 0.2) is 0 Å². The molecule has 0 bridgehead atoms. The van der Waals surface area contributed by atoms with Crippen LogP contribution >= 0.6 is 11.3 Å². The van der Waals surface area contributed by atoms with Crippen molar-refractivity contribution in [2.75, 3.05) is 6.54 Å². The third kappa shape index (κ3) is 2.77. The molecule has 0 amide bonds. The summed E-state index contributed by atoms with van der Waals surface area (Å²) < 4.78 is 0. The lowest BCUT2D eigenvalue weighted by atomic mass is 9.78. The summed E-state index contributed by atoms with van der Waals surface area (Å²) in [6, 6.07) is 0. The van der Waals surface area contributed by atoms with E-state index in [1.807, 2.05) is 0 Å². The number of thiazole rings is 1. The van der Waals surface area contributed by atoms with E-state index in [0.717, 1.165) is 23.7 Å². The lowest BCUT2D eigenvalue weighted by Crippen LogP contribution is -2.47. The van der Waals surface area contributed by atoms with Gasteiger partial charge in [-0.15, -0.1) is 11.3 Å². The molecule has 84 valence electrons. The molecule has 0 unspecified atom stereocenters. The van der Waals surface area contributed by atoms with Gasteiger partial charge < -0.3 is 11.1 Å². The van der Waals surface area contributed by atoms with Crippen LogP contribution in [0.4, 0.5) is 0 Å². The Bertz CT molecular complexity index is 317. The molecule has 0 aliphatic heterocycles. The topological polar surface area (TPSA) is 50.9 Å². The number of nitrogens with zero attached hydrogens (tertiary/aromatic N) is 1. The Morgan fingerprint density at radius 3 is 3.00 bits per heavy atom. The Morgan fingerprint density at radius 2 is 2.40 bits per heavy atom. The number of rotatable bonds is 5. The van der Waals surface area contributed by atoms with Crippen molar-refractivity contribution in [3.05, 3.63) is 16.1 Å². The fourth-order valence-corrected chi connectivity index (χ4v) is 2.67. The molecule has 15 heavy (non-hydrogen) atoms. The molecule has 1 fully saturated rings. The molecule has 0 spiro atoms. The first-order valence-electron chi connectivity index (χ1n) is 5.60. The first-order chi connectivity index (χ1) is 7.22. The molecule has 1 aromatic rings. The van der Waals surface area contributed by atoms with Gasteiger partial charge in [-0.05, 0) is 32.7 Å². The van der Waals surface area contributed by atoms with Crippen molar-refractivity contribution in [1.29, 1.82) is 0 Å². The van der Waals surface area contributed by atoms with Crippen LogP contribution in [0.15, 0.2) is 5.38 Å². The first kappa shape index (κ1) is 11.0. The summed E-state index contributed by atoms with van der Waals surface area (Å²) in [5, 5.41) is 6.88. The fraction of sp³-hybridized carbons (Fsp3) is 0.727. The summed E-state index contributed by atoms with van der Waals surface area (Å²) >= 11 is 1.72. The minimum absolute atomic E-state index is 0.373. The number of nitrogens with two attached hydrogens (primary N) is 1. The van der Waals surface area contributed by atoms with Crippen molar-refractivity contribution in [1.82, 2.24) is 10.3 Å². The largest absolute Gasteiger partial charge is 0.330 e. The van der Waals surface area contributed by atoms with E-state index in [4.69, 9.17) is 5.73 Å². The van der Waals surface area contributed by atoms with Crippen LogP contribution in [0.1, 0.15) is 36.9 Å². The van der Waals surface area contributed by atoms with E-state index in [0.29, 0.717) is 12.1 Å². The van der Waals surface area contributed by atoms with Crippen molar-refractivity contribution in [3.63, 3.8) is 0 Å². The maximum atomic E-state index is 5.49. The number of hydrogen-bond donors (Lipinski definition) is 2. The molecular formula is C11H19N3S. The smallest absolute Gasteiger partial charge is 0.0941 e. The zero-order valence-corrected chi connectivity index (χ0v) is 10.1. The van der Waals surface area contributed by atoms with Crippen LogP contribution in [0.5, 0.6) is 0 Å². The predicted octanol–water partition coefficient (Wildman–Crippen LogP) is 1.68. The average molecular weight is 225 g/mol. The van der Waals surface area contributed by atoms with Crippen molar-refractivity contribution in [2.24, 2.45) is 5.73 Å². The molecule has 0 radical (unpaired) electrons. The quantitative estimate of drug-likeness (QED) is 0.801. The van der Waals surface area contributed by atoms with Crippen LogP contribution in [0.3, 0.4) is 0 Å². The molecule has 3 N–H and O–H groups in total. The van der Waals surface area contributed by atoms with Crippen LogP contribution in [0.2, 0.25) is 0 Å². The molecule has 1 saturated carbocycles. The van der Waals surface area contributed by atoms with Gasteiger partial charge in [-0.1, -0.05) is 0 Å². The molecular weight excluding hydrogens is 206 g/mol. The van der Waals surface area contributed by atoms with Crippen LogP contribution in [0.25, 0.3) is 0 Å². The van der Waals surface area contributed by atoms with Gasteiger partial charge in [-0.3, -0.25) is 0 Å². The highest BCUT2D eigenvalue weighted by atomic mass is 32.1. The van der Waals surface area contributed by atoms with Crippen molar-refractivity contribution >= 4 is 11.3 Å². The zero-order chi connectivity index (χ0) is 10.7. The highest BCUT2D eigenvalue weighted by Crippen LogP contribution is 2.31. The van der Waals surface area contributed by atoms with E-state index >= 15 is 0 Å². The zero-order valence-electron chi connectivity index (χ0n) is 9.25. The molecule has 0 aromatic carbocycles. The van der Waals surface area contributed by atoms with Gasteiger partial charge >= 0.3 is 0 Å². The van der Waals surface area contributed by atoms with Crippen LogP contribution in [0, 0.1) is 0 Å². The van der Waals surface area contributed by atoms with Gasteiger partial charge in [0.25, 0.3) is 0 Å². The standard InChI is InChI=1S/C11H19N3S/c1-11(4-2-5-11)13-7-9-8-15-10(14-9)3-6-12/h8,13H,2-7,12H2,1H3. The highest BCUT2D eigenvalue weighted by Gasteiger charge is 2.30. The van der Waals surface area contributed by atoms with E-state index in [1.165, 1.54) is 19.3 Å². The van der Waals surface area contributed by atoms with Crippen molar-refractivity contribution in [2.45, 2.75) is 44.7 Å². The molecule has 1 heterocycles. The maximum absolute atomic E-state index is 5.49. The molecule has 1 aliphatic rings. The van der Waals surface area contributed by atoms with E-state index in [2.05, 4.69) is 22.6 Å². The number of aromatic nitrogens is 1. The normalized spacial score (nSPS) is 18.8. The summed E-state index contributed by atoms with van der Waals surface area (Å²) in [5.74, 6) is 0. The van der Waals surface area contributed by atoms with Crippen molar-refractivity contribution < 1.29 is 0 Å². The Labute approximate surface area is 95.1 Å². The summed E-state index contributed by atoms with van der Waals surface area (Å²) in [6.07, 6.45) is 4.86. The van der Waals surface area contributed by atoms with Gasteiger partial charge in [0.1, 0.15) is 0 Å². The lowest BCUT2D eigenvalue weighted by Gasteiger charge is -2.39. The lowest BCUT2D eigenvalue weighted by molar-refractivity contribution is 0.206. The van der Waals surface area contributed by atoms with Crippen molar-refractivity contribution in [3.8, 4) is 0 Å². The second-order valence-corrected chi connectivity index (χ2v) is 5.48. The third-order valence-corrected chi connectivity index (χ3v) is 4.07. The molecule has 0 atom stereocenters. The van der Waals surface area contributed by atoms with Gasteiger partial charge in [0.2, 0.25) is 0 Å². The van der Waals surface area contributed by atoms with Crippen LogP contribution in [-0.2, 0) is 13.0 Å². The Balaban J connectivity index is 1.82. The SMILES string of the molecule is CC1(NCc2csc(CCN)n2)CCC1. The summed E-state index contributed by atoms with van der Waals surface area (Å²) in [6.45, 7) is 3.89. The van der Waals surface area contributed by atoms with Gasteiger partial charge in [0, 0.05) is 23.9 Å². The minimum Gasteiger partial charge on any atom is -0.330 e. The predicted molar refractivity (Wildman–Crippen MR) is 64.0 cm³/mol. The Kier molecular flexibility index (Phi) is 3.38. The molecule has 4 heteroatoms. The fourth-order valence-electron chi connectivity index (χ4n) is 1.86. The van der Waals surface area contributed by atoms with Gasteiger partial charge in [0.05, 0.1) is 10.7 Å². The molecule has 0 saturated heterocycles. The molecule has 3 nitrogen and oxygen atoms in total. The second-order valence-electron chi connectivity index (χ2n) is 4.54. The van der Waals surface area contributed by atoms with Gasteiger partial charge in [-0.25, -0.2) is 4.98 Å². The van der Waals surface area contributed by atoms with Gasteiger partial charge in [-0.2, -0.15) is 0 Å². The second kappa shape index (κ2) is 4.60. The average Bonchev–Trinajstić information content (AvgIpc) is 2.60. The first-order valence-corrected chi connectivity index (χ1v) is 6.48. The summed E-state index contributed by atoms with van der Waals surface area (Å²) in [4.78, 5) is 4.54. The Hall–Kier alpha value is -0.450. The third-order valence-electron chi connectivity index (χ3n) is 3.11. The molecule has 2 rings (SSSR count). The highest BCUT2D eigenvalue weighted by molar-refractivity contribution is 7.09. The minimum atomic E-state index is 0.373. The van der Waals surface area contributed by atoms with E-state index in [9.17, 15) is 0 Å². The summed E-state index contributed by atoms with van der Waals surface area (Å²) in [5.41, 5.74) is 7.03. The Morgan fingerprint density at radius 1 is 1.60 bits per heavy atom. The number of hydrogen-bond acceptors (Lipinski definition) is 4. The van der Waals surface area contributed by atoms with E-state index in [1.54, 1.807) is 11.3 Å². The van der Waals surface area contributed by atoms with E-state index in [-0.39, 0.29) is 0 Å². The molecule has 1 aliphatic carbocycles. The maximum Gasteiger partial charge on any atom is 0.0941 e. The monoisotopic (exact) mass is 225 g/mol. The van der Waals surface area contributed by atoms with Crippen LogP contribution < -0.4 is 11.1 Å².